The number of pyridine rings is 1. The van der Waals surface area contributed by atoms with E-state index in [0.29, 0.717) is 11.5 Å². The molecular weight excluding hydrogens is 415 g/mol. The fourth-order valence-electron chi connectivity index (χ4n) is 3.19. The van der Waals surface area contributed by atoms with Gasteiger partial charge in [-0.3, -0.25) is 18.7 Å². The third-order valence-electron chi connectivity index (χ3n) is 4.98. The summed E-state index contributed by atoms with van der Waals surface area (Å²) in [4.78, 5) is 41.1. The van der Waals surface area contributed by atoms with Crippen molar-refractivity contribution in [2.24, 2.45) is 14.1 Å². The van der Waals surface area contributed by atoms with Crippen LogP contribution in [0.1, 0.15) is 15.9 Å². The third kappa shape index (κ3) is 4.13. The maximum atomic E-state index is 13.0. The molecule has 2 aromatic heterocycles. The molecule has 2 heterocycles. The minimum atomic E-state index is -0.512. The van der Waals surface area contributed by atoms with Crippen molar-refractivity contribution in [1.82, 2.24) is 19.4 Å². The number of ether oxygens (including phenoxy) is 1. The molecule has 32 heavy (non-hydrogen) atoms. The van der Waals surface area contributed by atoms with Crippen LogP contribution in [0, 0.1) is 5.82 Å². The fraction of sp³-hybridized carbons (Fsp3) is 0.130. The Morgan fingerprint density at radius 1 is 1.00 bits per heavy atom. The van der Waals surface area contributed by atoms with Gasteiger partial charge in [-0.25, -0.2) is 14.2 Å². The SMILES string of the molecule is Cn1c(=O)c2cc(C(=O)NCc3ccc(Oc4ccc(F)cc4)cc3)cnc2n(C)c1=O. The second-order valence-electron chi connectivity index (χ2n) is 7.18. The predicted octanol–water partition coefficient (Wildman–Crippen LogP) is 2.49. The van der Waals surface area contributed by atoms with Gasteiger partial charge < -0.3 is 10.1 Å². The maximum absolute atomic E-state index is 13.0. The summed E-state index contributed by atoms with van der Waals surface area (Å²) in [6.07, 6.45) is 1.33. The van der Waals surface area contributed by atoms with Crippen molar-refractivity contribution >= 4 is 16.9 Å². The summed E-state index contributed by atoms with van der Waals surface area (Å²) in [7, 11) is 2.89. The van der Waals surface area contributed by atoms with E-state index >= 15 is 0 Å². The molecule has 0 fully saturated rings. The normalized spacial score (nSPS) is 10.8. The van der Waals surface area contributed by atoms with E-state index in [9.17, 15) is 18.8 Å². The van der Waals surface area contributed by atoms with E-state index in [1.165, 1.54) is 55.2 Å². The number of carbonyl (C=O) groups excluding carboxylic acids is 1. The number of halogens is 1. The topological polar surface area (TPSA) is 95.2 Å². The number of rotatable bonds is 5. The van der Waals surface area contributed by atoms with Gasteiger partial charge in [0.2, 0.25) is 0 Å². The van der Waals surface area contributed by atoms with Gasteiger partial charge in [0, 0.05) is 26.8 Å². The van der Waals surface area contributed by atoms with E-state index in [4.69, 9.17) is 4.74 Å². The molecule has 4 rings (SSSR count). The molecule has 0 radical (unpaired) electrons. The van der Waals surface area contributed by atoms with Crippen LogP contribution in [0.3, 0.4) is 0 Å². The summed E-state index contributed by atoms with van der Waals surface area (Å²) < 4.78 is 20.9. The van der Waals surface area contributed by atoms with E-state index in [0.717, 1.165) is 10.1 Å². The van der Waals surface area contributed by atoms with Gasteiger partial charge in [-0.15, -0.1) is 0 Å². The van der Waals surface area contributed by atoms with Crippen molar-refractivity contribution in [3.63, 3.8) is 0 Å². The Morgan fingerprint density at radius 3 is 2.28 bits per heavy atom. The molecule has 0 spiro atoms. The number of amides is 1. The Balaban J connectivity index is 1.45. The smallest absolute Gasteiger partial charge is 0.332 e. The highest BCUT2D eigenvalue weighted by atomic mass is 19.1. The van der Waals surface area contributed by atoms with Gasteiger partial charge in [-0.05, 0) is 48.0 Å². The molecule has 0 aliphatic carbocycles. The molecule has 0 aliphatic rings. The van der Waals surface area contributed by atoms with E-state index in [1.54, 1.807) is 24.3 Å². The number of aryl methyl sites for hydroxylation is 1. The molecule has 4 aromatic rings. The lowest BCUT2D eigenvalue weighted by Gasteiger charge is -2.09. The Hall–Kier alpha value is -4.27. The van der Waals surface area contributed by atoms with Crippen LogP contribution in [0.2, 0.25) is 0 Å². The molecule has 1 N–H and O–H groups in total. The van der Waals surface area contributed by atoms with Crippen LogP contribution in [-0.4, -0.2) is 20.0 Å². The van der Waals surface area contributed by atoms with Gasteiger partial charge >= 0.3 is 5.69 Å². The highest BCUT2D eigenvalue weighted by molar-refractivity contribution is 5.96. The van der Waals surface area contributed by atoms with Crippen LogP contribution >= 0.6 is 0 Å². The first-order chi connectivity index (χ1) is 15.3. The average Bonchev–Trinajstić information content (AvgIpc) is 2.81. The van der Waals surface area contributed by atoms with Gasteiger partial charge in [-0.2, -0.15) is 0 Å². The third-order valence-corrected chi connectivity index (χ3v) is 4.98. The molecule has 8 nitrogen and oxygen atoms in total. The average molecular weight is 434 g/mol. The van der Waals surface area contributed by atoms with Crippen LogP contribution in [0.25, 0.3) is 11.0 Å². The second-order valence-corrected chi connectivity index (χ2v) is 7.18. The van der Waals surface area contributed by atoms with E-state index in [1.807, 2.05) is 0 Å². The Morgan fingerprint density at radius 2 is 1.62 bits per heavy atom. The van der Waals surface area contributed by atoms with Gasteiger partial charge in [-0.1, -0.05) is 12.1 Å². The molecule has 1 amide bonds. The first-order valence-corrected chi connectivity index (χ1v) is 9.70. The van der Waals surface area contributed by atoms with Crippen molar-refractivity contribution in [1.29, 1.82) is 0 Å². The van der Waals surface area contributed by atoms with Crippen molar-refractivity contribution in [2.75, 3.05) is 0 Å². The van der Waals surface area contributed by atoms with Crippen LogP contribution in [0.4, 0.5) is 4.39 Å². The molecule has 9 heteroatoms. The molecule has 0 bridgehead atoms. The monoisotopic (exact) mass is 434 g/mol. The first-order valence-electron chi connectivity index (χ1n) is 9.70. The van der Waals surface area contributed by atoms with Gasteiger partial charge in [0.1, 0.15) is 23.0 Å². The van der Waals surface area contributed by atoms with E-state index < -0.39 is 17.2 Å². The van der Waals surface area contributed by atoms with Gasteiger partial charge in [0.15, 0.2) is 0 Å². The van der Waals surface area contributed by atoms with E-state index in [2.05, 4.69) is 10.3 Å². The minimum Gasteiger partial charge on any atom is -0.457 e. The lowest BCUT2D eigenvalue weighted by molar-refractivity contribution is 0.0950. The number of benzene rings is 2. The van der Waals surface area contributed by atoms with Crippen molar-refractivity contribution in [3.8, 4) is 11.5 Å². The number of nitrogens with zero attached hydrogens (tertiary/aromatic N) is 3. The van der Waals surface area contributed by atoms with Crippen molar-refractivity contribution < 1.29 is 13.9 Å². The van der Waals surface area contributed by atoms with Crippen LogP contribution < -0.4 is 21.3 Å². The van der Waals surface area contributed by atoms with Gasteiger partial charge in [0.25, 0.3) is 11.5 Å². The standard InChI is InChI=1S/C23H19FN4O4/c1-27-20-19(22(30)28(2)23(27)31)11-15(13-25-20)21(29)26-12-14-3-7-17(8-4-14)32-18-9-5-16(24)6-10-18/h3-11,13H,12H2,1-2H3,(H,26,29). The Labute approximate surface area is 181 Å². The quantitative estimate of drug-likeness (QED) is 0.521. The lowest BCUT2D eigenvalue weighted by Crippen LogP contribution is -2.37. The molecule has 2 aromatic carbocycles. The van der Waals surface area contributed by atoms with Crippen molar-refractivity contribution in [2.45, 2.75) is 6.54 Å². The summed E-state index contributed by atoms with van der Waals surface area (Å²) >= 11 is 0. The van der Waals surface area contributed by atoms with Crippen molar-refractivity contribution in [3.05, 3.63) is 98.6 Å². The molecule has 0 saturated heterocycles. The van der Waals surface area contributed by atoms with Gasteiger partial charge in [0.05, 0.1) is 10.9 Å². The Kier molecular flexibility index (Phi) is 5.55. The minimum absolute atomic E-state index is 0.185. The zero-order valence-electron chi connectivity index (χ0n) is 17.3. The molecule has 0 unspecified atom stereocenters. The summed E-state index contributed by atoms with van der Waals surface area (Å²) in [5, 5.41) is 2.96. The molecule has 0 saturated carbocycles. The summed E-state index contributed by atoms with van der Waals surface area (Å²) in [6.45, 7) is 0.249. The molecule has 0 atom stereocenters. The zero-order valence-corrected chi connectivity index (χ0v) is 17.3. The Bertz CT molecular complexity index is 1420. The summed E-state index contributed by atoms with van der Waals surface area (Å²) in [5.41, 5.74) is 0.258. The first kappa shape index (κ1) is 21.0. The highest BCUT2D eigenvalue weighted by Crippen LogP contribution is 2.21. The number of carbonyl (C=O) groups is 1. The lowest BCUT2D eigenvalue weighted by atomic mass is 10.2. The molecule has 162 valence electrons. The summed E-state index contributed by atoms with van der Waals surface area (Å²) in [5.74, 6) is 0.350. The number of hydrogen-bond donors (Lipinski definition) is 1. The molecular formula is C23H19FN4O4. The molecule has 0 aliphatic heterocycles. The van der Waals surface area contributed by atoms with Crippen LogP contribution in [0.15, 0.2) is 70.4 Å². The highest BCUT2D eigenvalue weighted by Gasteiger charge is 2.13. The second kappa shape index (κ2) is 8.46. The van der Waals surface area contributed by atoms with Crippen LogP contribution in [0.5, 0.6) is 11.5 Å². The summed E-state index contributed by atoms with van der Waals surface area (Å²) in [6, 6.07) is 14.2. The number of hydrogen-bond acceptors (Lipinski definition) is 5. The zero-order chi connectivity index (χ0) is 22.8. The maximum Gasteiger partial charge on any atom is 0.332 e. The number of aromatic nitrogens is 3. The number of nitrogens with one attached hydrogen (secondary N) is 1. The van der Waals surface area contributed by atoms with E-state index in [-0.39, 0.29) is 29.0 Å². The largest absolute Gasteiger partial charge is 0.457 e. The fourth-order valence-corrected chi connectivity index (χ4v) is 3.19. The number of fused-ring (bicyclic) bond motifs is 1. The van der Waals surface area contributed by atoms with Crippen LogP contribution in [-0.2, 0) is 20.6 Å². The predicted molar refractivity (Wildman–Crippen MR) is 116 cm³/mol.